The molecular formula is C20H28N4O4. The van der Waals surface area contributed by atoms with Gasteiger partial charge in [-0.25, -0.2) is 0 Å². The second-order valence-corrected chi connectivity index (χ2v) is 7.14. The summed E-state index contributed by atoms with van der Waals surface area (Å²) in [7, 11) is 0. The normalized spacial score (nSPS) is 19.1. The van der Waals surface area contributed by atoms with Crippen molar-refractivity contribution >= 4 is 17.7 Å². The van der Waals surface area contributed by atoms with Gasteiger partial charge in [-0.05, 0) is 43.5 Å². The van der Waals surface area contributed by atoms with Crippen molar-refractivity contribution in [3.05, 3.63) is 34.9 Å². The highest BCUT2D eigenvalue weighted by Crippen LogP contribution is 2.29. The molecule has 1 unspecified atom stereocenters. The van der Waals surface area contributed by atoms with Crippen LogP contribution in [0.4, 0.5) is 0 Å². The van der Waals surface area contributed by atoms with Crippen LogP contribution in [0.1, 0.15) is 47.2 Å². The van der Waals surface area contributed by atoms with Gasteiger partial charge in [0.1, 0.15) is 6.04 Å². The van der Waals surface area contributed by atoms with Gasteiger partial charge in [-0.2, -0.15) is 0 Å². The minimum absolute atomic E-state index is 0.132. The first-order valence-electron chi connectivity index (χ1n) is 9.85. The Morgan fingerprint density at radius 1 is 1.21 bits per heavy atom. The van der Waals surface area contributed by atoms with Gasteiger partial charge in [0, 0.05) is 38.3 Å². The maximum absolute atomic E-state index is 13.0. The number of hydrogen-bond acceptors (Lipinski definition) is 6. The zero-order valence-electron chi connectivity index (χ0n) is 16.0. The molecule has 0 bridgehead atoms. The van der Waals surface area contributed by atoms with E-state index in [0.717, 1.165) is 30.5 Å². The Morgan fingerprint density at radius 2 is 2.04 bits per heavy atom. The fourth-order valence-corrected chi connectivity index (χ4v) is 3.65. The van der Waals surface area contributed by atoms with Gasteiger partial charge in [0.15, 0.2) is 0 Å². The number of hydrogen-bond donors (Lipinski definition) is 3. The van der Waals surface area contributed by atoms with Crippen LogP contribution >= 0.6 is 0 Å². The second kappa shape index (κ2) is 9.77. The first kappa shape index (κ1) is 20.4. The molecule has 0 spiro atoms. The van der Waals surface area contributed by atoms with E-state index in [4.69, 9.17) is 10.5 Å². The molecule has 28 heavy (non-hydrogen) atoms. The molecule has 0 aromatic heterocycles. The first-order chi connectivity index (χ1) is 13.6. The molecule has 1 atom stereocenters. The van der Waals surface area contributed by atoms with Gasteiger partial charge in [0.25, 0.3) is 5.91 Å². The Labute approximate surface area is 164 Å². The van der Waals surface area contributed by atoms with E-state index in [0.29, 0.717) is 44.8 Å². The van der Waals surface area contributed by atoms with E-state index < -0.39 is 6.04 Å². The van der Waals surface area contributed by atoms with Crippen molar-refractivity contribution < 1.29 is 19.1 Å². The van der Waals surface area contributed by atoms with Gasteiger partial charge in [-0.3, -0.25) is 19.7 Å². The predicted octanol–water partition coefficient (Wildman–Crippen LogP) is 0.293. The molecule has 0 radical (unpaired) electrons. The number of carbonyl (C=O) groups is 3. The van der Waals surface area contributed by atoms with Gasteiger partial charge >= 0.3 is 0 Å². The molecular weight excluding hydrogens is 360 g/mol. The van der Waals surface area contributed by atoms with Crippen molar-refractivity contribution in [3.63, 3.8) is 0 Å². The molecule has 4 N–H and O–H groups in total. The van der Waals surface area contributed by atoms with Gasteiger partial charge in [0.05, 0.1) is 0 Å². The van der Waals surface area contributed by atoms with Crippen LogP contribution in [-0.2, 0) is 27.4 Å². The fourth-order valence-electron chi connectivity index (χ4n) is 3.65. The minimum Gasteiger partial charge on any atom is -0.381 e. The van der Waals surface area contributed by atoms with Crippen LogP contribution in [0.5, 0.6) is 0 Å². The average Bonchev–Trinajstić information content (AvgIpc) is 3.01. The number of nitrogens with zero attached hydrogens (tertiary/aromatic N) is 1. The average molecular weight is 388 g/mol. The number of ether oxygens (including phenoxy) is 1. The Hall–Kier alpha value is -2.29. The van der Waals surface area contributed by atoms with Crippen molar-refractivity contribution in [2.45, 2.75) is 44.8 Å². The summed E-state index contributed by atoms with van der Waals surface area (Å²) in [5, 5.41) is 5.68. The van der Waals surface area contributed by atoms with E-state index in [1.165, 1.54) is 0 Å². The number of nitrogens with one attached hydrogen (secondary N) is 2. The Bertz CT molecular complexity index is 737. The van der Waals surface area contributed by atoms with Crippen molar-refractivity contribution in [3.8, 4) is 0 Å². The number of fused-ring (bicyclic) bond motifs is 1. The fraction of sp³-hybridized carbons (Fsp3) is 0.550. The zero-order chi connectivity index (χ0) is 19.9. The van der Waals surface area contributed by atoms with Gasteiger partial charge in [-0.15, -0.1) is 0 Å². The summed E-state index contributed by atoms with van der Waals surface area (Å²) in [4.78, 5) is 38.1. The van der Waals surface area contributed by atoms with Gasteiger partial charge in [0.2, 0.25) is 11.8 Å². The molecule has 3 amide bonds. The Balaban J connectivity index is 1.54. The first-order valence-corrected chi connectivity index (χ1v) is 9.85. The summed E-state index contributed by atoms with van der Waals surface area (Å²) in [6, 6.07) is 5.22. The number of imide groups is 1. The molecule has 8 nitrogen and oxygen atoms in total. The highest BCUT2D eigenvalue weighted by atomic mass is 16.5. The van der Waals surface area contributed by atoms with Crippen LogP contribution in [-0.4, -0.2) is 55.0 Å². The predicted molar refractivity (Wildman–Crippen MR) is 103 cm³/mol. The summed E-state index contributed by atoms with van der Waals surface area (Å²) in [6.45, 7) is 3.79. The van der Waals surface area contributed by atoms with Crippen LogP contribution in [0, 0.1) is 0 Å². The van der Waals surface area contributed by atoms with E-state index in [-0.39, 0.29) is 24.1 Å². The van der Waals surface area contributed by atoms with Crippen LogP contribution < -0.4 is 16.4 Å². The molecule has 3 rings (SSSR count). The number of nitrogens with two attached hydrogens (primary N) is 1. The largest absolute Gasteiger partial charge is 0.381 e. The minimum atomic E-state index is -0.580. The van der Waals surface area contributed by atoms with Crippen molar-refractivity contribution in [1.82, 2.24) is 15.5 Å². The summed E-state index contributed by atoms with van der Waals surface area (Å²) in [6.07, 6.45) is 2.39. The number of benzene rings is 1. The van der Waals surface area contributed by atoms with Crippen molar-refractivity contribution in [2.24, 2.45) is 5.73 Å². The summed E-state index contributed by atoms with van der Waals surface area (Å²) < 4.78 is 5.47. The lowest BCUT2D eigenvalue weighted by molar-refractivity contribution is -0.136. The maximum Gasteiger partial charge on any atom is 0.255 e. The molecule has 152 valence electrons. The van der Waals surface area contributed by atoms with Gasteiger partial charge in [-0.1, -0.05) is 18.2 Å². The van der Waals surface area contributed by atoms with Crippen LogP contribution in [0.3, 0.4) is 0 Å². The van der Waals surface area contributed by atoms with Crippen LogP contribution in [0.15, 0.2) is 18.2 Å². The molecule has 2 heterocycles. The quantitative estimate of drug-likeness (QED) is 0.392. The molecule has 0 aliphatic carbocycles. The lowest BCUT2D eigenvalue weighted by Crippen LogP contribution is -2.52. The number of amides is 3. The molecule has 1 saturated heterocycles. The lowest BCUT2D eigenvalue weighted by Gasteiger charge is -2.29. The number of piperidine rings is 1. The molecule has 1 aromatic carbocycles. The number of rotatable bonds is 10. The SMILES string of the molecule is NCCCOCCCNCc1cccc2c1C(=O)N(C1CCC(=O)NC1=O)C2. The third kappa shape index (κ3) is 4.76. The van der Waals surface area contributed by atoms with Crippen LogP contribution in [0.2, 0.25) is 0 Å². The van der Waals surface area contributed by atoms with Crippen molar-refractivity contribution in [1.29, 1.82) is 0 Å². The molecule has 1 fully saturated rings. The lowest BCUT2D eigenvalue weighted by atomic mass is 10.0. The van der Waals surface area contributed by atoms with Gasteiger partial charge < -0.3 is 20.7 Å². The van der Waals surface area contributed by atoms with E-state index in [2.05, 4.69) is 10.6 Å². The van der Waals surface area contributed by atoms with Crippen LogP contribution in [0.25, 0.3) is 0 Å². The molecule has 1 aromatic rings. The highest BCUT2D eigenvalue weighted by Gasteiger charge is 2.39. The smallest absolute Gasteiger partial charge is 0.255 e. The third-order valence-corrected chi connectivity index (χ3v) is 5.09. The Kier molecular flexibility index (Phi) is 7.13. The molecule has 0 saturated carbocycles. The maximum atomic E-state index is 13.0. The van der Waals surface area contributed by atoms with E-state index in [1.54, 1.807) is 4.90 Å². The Morgan fingerprint density at radius 3 is 2.82 bits per heavy atom. The van der Waals surface area contributed by atoms with E-state index in [9.17, 15) is 14.4 Å². The zero-order valence-corrected chi connectivity index (χ0v) is 16.0. The highest BCUT2D eigenvalue weighted by molar-refractivity contribution is 6.05. The summed E-state index contributed by atoms with van der Waals surface area (Å²) >= 11 is 0. The monoisotopic (exact) mass is 388 g/mol. The summed E-state index contributed by atoms with van der Waals surface area (Å²) in [5.74, 6) is -0.791. The second-order valence-electron chi connectivity index (χ2n) is 7.14. The third-order valence-electron chi connectivity index (χ3n) is 5.09. The number of carbonyl (C=O) groups excluding carboxylic acids is 3. The topological polar surface area (TPSA) is 114 Å². The van der Waals surface area contributed by atoms with Crippen molar-refractivity contribution in [2.75, 3.05) is 26.3 Å². The molecule has 8 heteroatoms. The molecule has 2 aliphatic heterocycles. The standard InChI is InChI=1S/C20H28N4O4/c21-8-2-10-28-11-3-9-22-12-14-4-1-5-15-13-24(20(27)18(14)15)16-6-7-17(25)23-19(16)26/h1,4-5,16,22H,2-3,6-13,21H2,(H,23,25,26). The molecule has 2 aliphatic rings. The summed E-state index contributed by atoms with van der Waals surface area (Å²) in [5.41, 5.74) is 7.96. The van der Waals surface area contributed by atoms with E-state index in [1.807, 2.05) is 18.2 Å². The van der Waals surface area contributed by atoms with E-state index >= 15 is 0 Å².